The van der Waals surface area contributed by atoms with E-state index in [1.807, 2.05) is 12.1 Å². The molecule has 0 bridgehead atoms. The standard InChI is InChI=1S/C19H23N7O3S/c20-18(30)28-13-16-12-26(19(27)29-16)15-1-2-17(23-10-15)25-7-5-24(6-8-25)11-14-9-21-3-4-22-14/h1-4,9-10,16H,5-8,11-13H2,(H2,20,30). The Morgan fingerprint density at radius 2 is 2.03 bits per heavy atom. The van der Waals surface area contributed by atoms with Crippen molar-refractivity contribution in [2.75, 3.05) is 49.1 Å². The van der Waals surface area contributed by atoms with Crippen LogP contribution in [0.5, 0.6) is 0 Å². The van der Waals surface area contributed by atoms with Crippen LogP contribution in [0.1, 0.15) is 5.69 Å². The smallest absolute Gasteiger partial charge is 0.414 e. The summed E-state index contributed by atoms with van der Waals surface area (Å²) in [5.74, 6) is 0.888. The molecule has 4 rings (SSSR count). The Morgan fingerprint density at radius 3 is 2.70 bits per heavy atom. The SMILES string of the molecule is NC(=S)OCC1CN(c2ccc(N3CCN(Cc4cnccn4)CC3)nc2)C(=O)O1. The highest BCUT2D eigenvalue weighted by atomic mass is 32.1. The lowest BCUT2D eigenvalue weighted by Crippen LogP contribution is -2.46. The second-order valence-electron chi connectivity index (χ2n) is 7.08. The predicted octanol–water partition coefficient (Wildman–Crippen LogP) is 0.779. The monoisotopic (exact) mass is 429 g/mol. The van der Waals surface area contributed by atoms with Crippen molar-refractivity contribution < 1.29 is 14.3 Å². The number of nitrogens with zero attached hydrogens (tertiary/aromatic N) is 6. The third kappa shape index (κ3) is 4.92. The molecule has 1 atom stereocenters. The fourth-order valence-electron chi connectivity index (χ4n) is 3.50. The molecule has 1 unspecified atom stereocenters. The molecule has 2 aromatic heterocycles. The summed E-state index contributed by atoms with van der Waals surface area (Å²) >= 11 is 4.68. The van der Waals surface area contributed by atoms with Crippen LogP contribution in [0.2, 0.25) is 0 Å². The maximum absolute atomic E-state index is 12.1. The van der Waals surface area contributed by atoms with Gasteiger partial charge in [-0.3, -0.25) is 19.8 Å². The molecule has 0 saturated carbocycles. The Kier molecular flexibility index (Phi) is 6.19. The number of nitrogens with two attached hydrogens (primary N) is 1. The first kappa shape index (κ1) is 20.2. The molecule has 2 N–H and O–H groups in total. The number of amides is 1. The van der Waals surface area contributed by atoms with E-state index < -0.39 is 12.2 Å². The number of anilines is 2. The largest absolute Gasteiger partial charge is 0.467 e. The zero-order valence-corrected chi connectivity index (χ0v) is 17.2. The quantitative estimate of drug-likeness (QED) is 0.662. The van der Waals surface area contributed by atoms with Crippen molar-refractivity contribution in [3.63, 3.8) is 0 Å². The zero-order chi connectivity index (χ0) is 20.9. The van der Waals surface area contributed by atoms with Crippen molar-refractivity contribution in [3.05, 3.63) is 42.6 Å². The maximum atomic E-state index is 12.1. The number of ether oxygens (including phenoxy) is 2. The Bertz CT molecular complexity index is 875. The highest BCUT2D eigenvalue weighted by Gasteiger charge is 2.33. The number of cyclic esters (lactones) is 1. The first-order valence-electron chi connectivity index (χ1n) is 9.67. The average Bonchev–Trinajstić information content (AvgIpc) is 3.14. The van der Waals surface area contributed by atoms with E-state index in [1.165, 1.54) is 4.90 Å². The lowest BCUT2D eigenvalue weighted by Gasteiger charge is -2.35. The molecule has 1 amide bonds. The van der Waals surface area contributed by atoms with Gasteiger partial charge in [-0.2, -0.15) is 0 Å². The Balaban J connectivity index is 1.30. The number of aromatic nitrogens is 3. The fourth-order valence-corrected chi connectivity index (χ4v) is 3.56. The normalized spacial score (nSPS) is 19.6. The van der Waals surface area contributed by atoms with E-state index in [9.17, 15) is 4.79 Å². The highest BCUT2D eigenvalue weighted by Crippen LogP contribution is 2.23. The number of rotatable bonds is 6. The van der Waals surface area contributed by atoms with Gasteiger partial charge in [-0.15, -0.1) is 0 Å². The first-order valence-corrected chi connectivity index (χ1v) is 10.1. The number of hydrogen-bond donors (Lipinski definition) is 1. The van der Waals surface area contributed by atoms with Gasteiger partial charge in [0, 0.05) is 51.3 Å². The number of pyridine rings is 1. The van der Waals surface area contributed by atoms with Crippen LogP contribution in [0.4, 0.5) is 16.3 Å². The lowest BCUT2D eigenvalue weighted by molar-refractivity contribution is 0.102. The van der Waals surface area contributed by atoms with E-state index in [0.717, 1.165) is 44.2 Å². The summed E-state index contributed by atoms with van der Waals surface area (Å²) < 4.78 is 10.4. The molecule has 0 radical (unpaired) electrons. The number of hydrogen-bond acceptors (Lipinski definition) is 9. The molecule has 30 heavy (non-hydrogen) atoms. The van der Waals surface area contributed by atoms with Crippen molar-refractivity contribution >= 4 is 35.0 Å². The van der Waals surface area contributed by atoms with Crippen LogP contribution in [-0.4, -0.2) is 76.6 Å². The van der Waals surface area contributed by atoms with Crippen LogP contribution in [0, 0.1) is 0 Å². The van der Waals surface area contributed by atoms with Gasteiger partial charge in [-0.05, 0) is 24.4 Å². The van der Waals surface area contributed by atoms with Crippen LogP contribution < -0.4 is 15.5 Å². The van der Waals surface area contributed by atoms with E-state index in [0.29, 0.717) is 12.2 Å². The Morgan fingerprint density at radius 1 is 1.20 bits per heavy atom. The Labute approximate surface area is 179 Å². The molecule has 2 aromatic rings. The third-order valence-electron chi connectivity index (χ3n) is 5.03. The number of thiocarbonyl (C=S) groups is 1. The summed E-state index contributed by atoms with van der Waals surface area (Å²) in [4.78, 5) is 31.3. The molecule has 10 nitrogen and oxygen atoms in total. The minimum atomic E-state index is -0.432. The van der Waals surface area contributed by atoms with Gasteiger partial charge < -0.3 is 20.1 Å². The highest BCUT2D eigenvalue weighted by molar-refractivity contribution is 7.80. The van der Waals surface area contributed by atoms with E-state index in [-0.39, 0.29) is 11.8 Å². The van der Waals surface area contributed by atoms with Gasteiger partial charge in [0.05, 0.1) is 24.1 Å². The van der Waals surface area contributed by atoms with E-state index in [1.54, 1.807) is 24.8 Å². The molecule has 2 fully saturated rings. The zero-order valence-electron chi connectivity index (χ0n) is 16.4. The van der Waals surface area contributed by atoms with Crippen LogP contribution in [0.25, 0.3) is 0 Å². The molecule has 0 aromatic carbocycles. The van der Waals surface area contributed by atoms with Crippen LogP contribution in [-0.2, 0) is 16.0 Å². The van der Waals surface area contributed by atoms with Crippen molar-refractivity contribution in [1.29, 1.82) is 0 Å². The molecular weight excluding hydrogens is 406 g/mol. The van der Waals surface area contributed by atoms with Crippen molar-refractivity contribution in [2.45, 2.75) is 12.6 Å². The molecule has 0 aliphatic carbocycles. The third-order valence-corrected chi connectivity index (χ3v) is 5.15. The summed E-state index contributed by atoms with van der Waals surface area (Å²) in [5.41, 5.74) is 6.98. The van der Waals surface area contributed by atoms with Gasteiger partial charge in [0.1, 0.15) is 12.4 Å². The van der Waals surface area contributed by atoms with Crippen molar-refractivity contribution in [3.8, 4) is 0 Å². The number of piperazine rings is 1. The minimum absolute atomic E-state index is 0.0627. The molecule has 158 valence electrons. The second-order valence-corrected chi connectivity index (χ2v) is 7.48. The molecule has 2 aliphatic rings. The summed E-state index contributed by atoms with van der Waals surface area (Å²) in [6.07, 6.45) is 6.05. The van der Waals surface area contributed by atoms with Crippen molar-refractivity contribution in [1.82, 2.24) is 19.9 Å². The second kappa shape index (κ2) is 9.18. The van der Waals surface area contributed by atoms with E-state index >= 15 is 0 Å². The van der Waals surface area contributed by atoms with Gasteiger partial charge in [0.2, 0.25) is 0 Å². The lowest BCUT2D eigenvalue weighted by atomic mass is 10.2. The topological polar surface area (TPSA) is 110 Å². The van der Waals surface area contributed by atoms with Gasteiger partial charge >= 0.3 is 6.09 Å². The van der Waals surface area contributed by atoms with E-state index in [4.69, 9.17) is 15.2 Å². The molecule has 4 heterocycles. The van der Waals surface area contributed by atoms with Gasteiger partial charge in [-0.1, -0.05) is 0 Å². The molecule has 11 heteroatoms. The van der Waals surface area contributed by atoms with Crippen LogP contribution in [0.15, 0.2) is 36.9 Å². The van der Waals surface area contributed by atoms with Gasteiger partial charge in [-0.25, -0.2) is 9.78 Å². The predicted molar refractivity (Wildman–Crippen MR) is 114 cm³/mol. The summed E-state index contributed by atoms with van der Waals surface area (Å²) in [6, 6.07) is 3.81. The summed E-state index contributed by atoms with van der Waals surface area (Å²) in [7, 11) is 0. The maximum Gasteiger partial charge on any atom is 0.414 e. The molecule has 2 saturated heterocycles. The Hall–Kier alpha value is -3.05. The number of carbonyl (C=O) groups is 1. The summed E-state index contributed by atoms with van der Waals surface area (Å²) in [5, 5.41) is -0.0627. The molecule has 2 aliphatic heterocycles. The van der Waals surface area contributed by atoms with E-state index in [2.05, 4.69) is 37.0 Å². The van der Waals surface area contributed by atoms with Gasteiger partial charge in [0.25, 0.3) is 5.17 Å². The average molecular weight is 430 g/mol. The molecular formula is C19H23N7O3S. The van der Waals surface area contributed by atoms with Gasteiger partial charge in [0.15, 0.2) is 6.10 Å². The number of carbonyl (C=O) groups excluding carboxylic acids is 1. The van der Waals surface area contributed by atoms with Crippen LogP contribution in [0.3, 0.4) is 0 Å². The minimum Gasteiger partial charge on any atom is -0.467 e. The first-order chi connectivity index (χ1) is 14.6. The fraction of sp³-hybridized carbons (Fsp3) is 0.421. The molecule has 0 spiro atoms. The summed E-state index contributed by atoms with van der Waals surface area (Å²) in [6.45, 7) is 4.89. The van der Waals surface area contributed by atoms with Crippen LogP contribution >= 0.6 is 12.2 Å². The van der Waals surface area contributed by atoms with Crippen molar-refractivity contribution in [2.24, 2.45) is 5.73 Å².